The van der Waals surface area contributed by atoms with Crippen molar-refractivity contribution >= 4 is 23.2 Å². The first-order valence-corrected chi connectivity index (χ1v) is 9.18. The molecule has 1 aliphatic heterocycles. The maximum atomic E-state index is 12.5. The molecule has 1 aromatic carbocycles. The molecule has 2 aromatic rings. The summed E-state index contributed by atoms with van der Waals surface area (Å²) in [5.74, 6) is 0.209. The Morgan fingerprint density at radius 3 is 2.38 bits per heavy atom. The molecule has 0 aliphatic carbocycles. The average Bonchev–Trinajstić information content (AvgIpc) is 2.62. The van der Waals surface area contributed by atoms with E-state index in [0.29, 0.717) is 11.6 Å². The van der Waals surface area contributed by atoms with E-state index < -0.39 is 0 Å². The van der Waals surface area contributed by atoms with Crippen molar-refractivity contribution in [3.63, 3.8) is 0 Å². The Balaban J connectivity index is 1.65. The molecule has 6 heteroatoms. The molecule has 138 valence electrons. The van der Waals surface area contributed by atoms with E-state index in [1.165, 1.54) is 24.9 Å². The molecule has 1 amide bonds. The average molecular weight is 353 g/mol. The molecule has 1 aliphatic rings. The molecule has 2 N–H and O–H groups in total. The minimum absolute atomic E-state index is 0.167. The van der Waals surface area contributed by atoms with Gasteiger partial charge in [0.15, 0.2) is 0 Å². The Morgan fingerprint density at radius 2 is 1.73 bits per heavy atom. The molecule has 0 unspecified atom stereocenters. The van der Waals surface area contributed by atoms with Gasteiger partial charge in [-0.25, -0.2) is 9.97 Å². The summed E-state index contributed by atoms with van der Waals surface area (Å²) >= 11 is 0. The Bertz CT molecular complexity index is 746. The second-order valence-electron chi connectivity index (χ2n) is 7.69. The first kappa shape index (κ1) is 18.2. The number of hydrogen-bond donors (Lipinski definition) is 2. The van der Waals surface area contributed by atoms with Crippen molar-refractivity contribution in [1.29, 1.82) is 0 Å². The van der Waals surface area contributed by atoms with Gasteiger partial charge < -0.3 is 15.5 Å². The molecule has 0 radical (unpaired) electrons. The van der Waals surface area contributed by atoms with Crippen LogP contribution in [-0.2, 0) is 0 Å². The quantitative estimate of drug-likeness (QED) is 0.871. The third-order valence-corrected chi connectivity index (χ3v) is 4.22. The third kappa shape index (κ3) is 4.94. The van der Waals surface area contributed by atoms with Crippen molar-refractivity contribution in [3.05, 3.63) is 42.2 Å². The van der Waals surface area contributed by atoms with E-state index in [1.54, 1.807) is 12.3 Å². The van der Waals surface area contributed by atoms with Crippen LogP contribution in [0.15, 0.2) is 36.5 Å². The Kier molecular flexibility index (Phi) is 5.40. The lowest BCUT2D eigenvalue weighted by Gasteiger charge is -2.28. The molecule has 0 saturated carbocycles. The lowest BCUT2D eigenvalue weighted by atomic mass is 10.1. The van der Waals surface area contributed by atoms with Gasteiger partial charge in [-0.2, -0.15) is 0 Å². The van der Waals surface area contributed by atoms with Crippen LogP contribution in [0.25, 0.3) is 0 Å². The second-order valence-corrected chi connectivity index (χ2v) is 7.69. The van der Waals surface area contributed by atoms with Crippen LogP contribution in [0.5, 0.6) is 0 Å². The zero-order valence-electron chi connectivity index (χ0n) is 15.7. The normalized spacial score (nSPS) is 14.8. The number of anilines is 3. The van der Waals surface area contributed by atoms with Crippen LogP contribution in [0, 0.1) is 0 Å². The van der Waals surface area contributed by atoms with Crippen LogP contribution in [0.3, 0.4) is 0 Å². The van der Waals surface area contributed by atoms with E-state index in [1.807, 2.05) is 32.9 Å². The number of benzene rings is 1. The molecule has 0 atom stereocenters. The van der Waals surface area contributed by atoms with E-state index in [4.69, 9.17) is 0 Å². The van der Waals surface area contributed by atoms with E-state index in [0.717, 1.165) is 18.8 Å². The van der Waals surface area contributed by atoms with Crippen LogP contribution in [0.2, 0.25) is 0 Å². The van der Waals surface area contributed by atoms with E-state index in [-0.39, 0.29) is 11.4 Å². The molecule has 6 nitrogen and oxygen atoms in total. The third-order valence-electron chi connectivity index (χ3n) is 4.22. The van der Waals surface area contributed by atoms with Gasteiger partial charge in [0.05, 0.1) is 0 Å². The number of aromatic nitrogens is 2. The molecule has 0 bridgehead atoms. The summed E-state index contributed by atoms with van der Waals surface area (Å²) in [6, 6.07) is 9.63. The largest absolute Gasteiger partial charge is 0.372 e. The molecule has 0 spiro atoms. The monoisotopic (exact) mass is 353 g/mol. The summed E-state index contributed by atoms with van der Waals surface area (Å²) in [6.07, 6.45) is 5.40. The van der Waals surface area contributed by atoms with Crippen molar-refractivity contribution in [3.8, 4) is 0 Å². The van der Waals surface area contributed by atoms with Gasteiger partial charge in [0.1, 0.15) is 5.69 Å². The van der Waals surface area contributed by atoms with E-state index >= 15 is 0 Å². The standard InChI is InChI=1S/C20H27N5O/c1-20(2,3)24-19-21-12-11-17(23-19)18(26)22-15-7-9-16(10-8-15)25-13-5-4-6-14-25/h7-12H,4-6,13-14H2,1-3H3,(H,22,26)(H,21,23,24). The second kappa shape index (κ2) is 7.72. The minimum Gasteiger partial charge on any atom is -0.372 e. The zero-order valence-corrected chi connectivity index (χ0v) is 15.7. The number of amides is 1. The van der Waals surface area contributed by atoms with Crippen molar-refractivity contribution in [2.45, 2.75) is 45.6 Å². The SMILES string of the molecule is CC(C)(C)Nc1nccc(C(=O)Nc2ccc(N3CCCCC3)cc2)n1. The van der Waals surface area contributed by atoms with Gasteiger partial charge >= 0.3 is 0 Å². The molecule has 2 heterocycles. The summed E-state index contributed by atoms with van der Waals surface area (Å²) in [5.41, 5.74) is 2.15. The number of carbonyl (C=O) groups excluding carboxylic acids is 1. The van der Waals surface area contributed by atoms with Gasteiger partial charge in [-0.15, -0.1) is 0 Å². The van der Waals surface area contributed by atoms with Crippen LogP contribution < -0.4 is 15.5 Å². The molecule has 1 saturated heterocycles. The van der Waals surface area contributed by atoms with Crippen LogP contribution in [0.4, 0.5) is 17.3 Å². The smallest absolute Gasteiger partial charge is 0.274 e. The lowest BCUT2D eigenvalue weighted by Crippen LogP contribution is -2.29. The minimum atomic E-state index is -0.241. The fourth-order valence-electron chi connectivity index (χ4n) is 2.98. The van der Waals surface area contributed by atoms with E-state index in [9.17, 15) is 4.79 Å². The fourth-order valence-corrected chi connectivity index (χ4v) is 2.98. The first-order chi connectivity index (χ1) is 12.4. The molecular weight excluding hydrogens is 326 g/mol. The highest BCUT2D eigenvalue weighted by molar-refractivity contribution is 6.03. The van der Waals surface area contributed by atoms with Gasteiger partial charge in [0.2, 0.25) is 5.95 Å². The first-order valence-electron chi connectivity index (χ1n) is 9.18. The molecule has 26 heavy (non-hydrogen) atoms. The van der Waals surface area contributed by atoms with Crippen LogP contribution >= 0.6 is 0 Å². The highest BCUT2D eigenvalue weighted by Crippen LogP contribution is 2.22. The van der Waals surface area contributed by atoms with Crippen LogP contribution in [0.1, 0.15) is 50.5 Å². The molecular formula is C20H27N5O. The number of nitrogens with zero attached hydrogens (tertiary/aromatic N) is 3. The summed E-state index contributed by atoms with van der Waals surface area (Å²) < 4.78 is 0. The lowest BCUT2D eigenvalue weighted by molar-refractivity contribution is 0.102. The van der Waals surface area contributed by atoms with Gasteiger partial charge in [-0.3, -0.25) is 4.79 Å². The number of nitrogens with one attached hydrogen (secondary N) is 2. The van der Waals surface area contributed by atoms with Gasteiger partial charge in [0, 0.05) is 36.2 Å². The molecule has 1 fully saturated rings. The van der Waals surface area contributed by atoms with Crippen molar-refractivity contribution < 1.29 is 4.79 Å². The Morgan fingerprint density at radius 1 is 1.04 bits per heavy atom. The number of carbonyl (C=O) groups is 1. The molecule has 3 rings (SSSR count). The highest BCUT2D eigenvalue weighted by atomic mass is 16.1. The predicted molar refractivity (Wildman–Crippen MR) is 106 cm³/mol. The topological polar surface area (TPSA) is 70.2 Å². The summed E-state index contributed by atoms with van der Waals surface area (Å²) in [6.45, 7) is 8.28. The maximum Gasteiger partial charge on any atom is 0.274 e. The predicted octanol–water partition coefficient (Wildman–Crippen LogP) is 3.93. The molecule has 1 aromatic heterocycles. The number of piperidine rings is 1. The fraction of sp³-hybridized carbons (Fsp3) is 0.450. The van der Waals surface area contributed by atoms with Crippen molar-refractivity contribution in [2.75, 3.05) is 28.6 Å². The van der Waals surface area contributed by atoms with Crippen molar-refractivity contribution in [2.24, 2.45) is 0 Å². The number of rotatable bonds is 4. The summed E-state index contributed by atoms with van der Waals surface area (Å²) in [5, 5.41) is 6.08. The van der Waals surface area contributed by atoms with Gasteiger partial charge in [-0.1, -0.05) is 0 Å². The van der Waals surface area contributed by atoms with Gasteiger partial charge in [0.25, 0.3) is 5.91 Å². The summed E-state index contributed by atoms with van der Waals surface area (Å²) in [7, 11) is 0. The highest BCUT2D eigenvalue weighted by Gasteiger charge is 2.15. The summed E-state index contributed by atoms with van der Waals surface area (Å²) in [4.78, 5) is 23.3. The van der Waals surface area contributed by atoms with Crippen molar-refractivity contribution in [1.82, 2.24) is 9.97 Å². The van der Waals surface area contributed by atoms with Gasteiger partial charge in [-0.05, 0) is 70.4 Å². The Hall–Kier alpha value is -2.63. The van der Waals surface area contributed by atoms with E-state index in [2.05, 4.69) is 37.6 Å². The van der Waals surface area contributed by atoms with Crippen LogP contribution in [-0.4, -0.2) is 34.5 Å². The number of hydrogen-bond acceptors (Lipinski definition) is 5. The Labute approximate surface area is 155 Å². The maximum absolute atomic E-state index is 12.5. The zero-order chi connectivity index (χ0) is 18.6.